The highest BCUT2D eigenvalue weighted by Gasteiger charge is 2.21. The molecular weight excluding hydrogens is 298 g/mol. The van der Waals surface area contributed by atoms with Gasteiger partial charge in [0.1, 0.15) is 5.82 Å². The van der Waals surface area contributed by atoms with Gasteiger partial charge in [-0.3, -0.25) is 14.4 Å². The van der Waals surface area contributed by atoms with Crippen molar-refractivity contribution < 1.29 is 0 Å². The molecule has 2 heterocycles. The number of aryl methyl sites for hydroxylation is 1. The minimum Gasteiger partial charge on any atom is -0.296 e. The fourth-order valence-electron chi connectivity index (χ4n) is 3.38. The normalized spacial score (nSPS) is 17.8. The van der Waals surface area contributed by atoms with E-state index in [0.717, 1.165) is 54.8 Å². The van der Waals surface area contributed by atoms with Gasteiger partial charge in [0, 0.05) is 25.2 Å². The molecule has 4 heteroatoms. The van der Waals surface area contributed by atoms with E-state index in [4.69, 9.17) is 4.98 Å². The highest BCUT2D eigenvalue weighted by Crippen LogP contribution is 2.20. The minimum atomic E-state index is 0.105. The molecule has 0 radical (unpaired) electrons. The summed E-state index contributed by atoms with van der Waals surface area (Å²) in [6, 6.07) is 6.05. The van der Waals surface area contributed by atoms with E-state index < -0.39 is 0 Å². The van der Waals surface area contributed by atoms with Crippen molar-refractivity contribution in [2.45, 2.75) is 46.6 Å². The molecule has 3 rings (SSSR count). The van der Waals surface area contributed by atoms with Crippen molar-refractivity contribution in [3.8, 4) is 0 Å². The zero-order valence-corrected chi connectivity index (χ0v) is 14.7. The van der Waals surface area contributed by atoms with Gasteiger partial charge in [0.25, 0.3) is 5.56 Å². The lowest BCUT2D eigenvalue weighted by atomic mass is 10.0. The Morgan fingerprint density at radius 1 is 1.46 bits per heavy atom. The van der Waals surface area contributed by atoms with Gasteiger partial charge in [-0.1, -0.05) is 19.1 Å². The van der Waals surface area contributed by atoms with Crippen LogP contribution < -0.4 is 5.56 Å². The summed E-state index contributed by atoms with van der Waals surface area (Å²) in [7, 11) is 0. The van der Waals surface area contributed by atoms with E-state index in [-0.39, 0.29) is 5.56 Å². The SMILES string of the molecule is C/C=C\C(CCc1ccc2c(=O)n3c(nc2c1)CC(C)C3)=NCC. The van der Waals surface area contributed by atoms with E-state index in [9.17, 15) is 4.79 Å². The molecule has 0 saturated carbocycles. The Morgan fingerprint density at radius 3 is 3.04 bits per heavy atom. The van der Waals surface area contributed by atoms with Crippen LogP contribution >= 0.6 is 0 Å². The maximum Gasteiger partial charge on any atom is 0.261 e. The van der Waals surface area contributed by atoms with Crippen LogP contribution in [0.2, 0.25) is 0 Å². The van der Waals surface area contributed by atoms with Gasteiger partial charge in [0.15, 0.2) is 0 Å². The zero-order valence-electron chi connectivity index (χ0n) is 14.7. The Balaban J connectivity index is 1.88. The Labute approximate surface area is 143 Å². The molecule has 1 aromatic carbocycles. The molecule has 4 nitrogen and oxygen atoms in total. The standard InChI is InChI=1S/C20H25N3O/c1-4-6-16(21-5-2)9-7-15-8-10-17-18(12-15)22-19-11-14(3)13-23(19)20(17)24/h4,6,8,10,12,14H,5,7,9,11,13H2,1-3H3/b6-4-,21-16?. The molecule has 24 heavy (non-hydrogen) atoms. The first-order valence-corrected chi connectivity index (χ1v) is 8.80. The number of rotatable bonds is 5. The van der Waals surface area contributed by atoms with Gasteiger partial charge in [0.05, 0.1) is 10.9 Å². The van der Waals surface area contributed by atoms with Crippen molar-refractivity contribution >= 4 is 16.6 Å². The molecule has 0 fully saturated rings. The van der Waals surface area contributed by atoms with Crippen molar-refractivity contribution in [2.24, 2.45) is 10.9 Å². The molecule has 126 valence electrons. The molecular formula is C20H25N3O. The molecule has 0 saturated heterocycles. The maximum atomic E-state index is 12.6. The van der Waals surface area contributed by atoms with Gasteiger partial charge in [-0.15, -0.1) is 0 Å². The first-order valence-electron chi connectivity index (χ1n) is 8.80. The number of aromatic nitrogens is 2. The number of hydrogen-bond acceptors (Lipinski definition) is 3. The number of nitrogens with zero attached hydrogens (tertiary/aromatic N) is 3. The van der Waals surface area contributed by atoms with Crippen LogP contribution in [0.5, 0.6) is 0 Å². The van der Waals surface area contributed by atoms with Crippen molar-refractivity contribution in [3.63, 3.8) is 0 Å². The largest absolute Gasteiger partial charge is 0.296 e. The predicted molar refractivity (Wildman–Crippen MR) is 100.0 cm³/mol. The fourth-order valence-corrected chi connectivity index (χ4v) is 3.38. The van der Waals surface area contributed by atoms with E-state index in [0.29, 0.717) is 5.92 Å². The van der Waals surface area contributed by atoms with Crippen LogP contribution in [0.4, 0.5) is 0 Å². The van der Waals surface area contributed by atoms with Crippen molar-refractivity contribution in [1.29, 1.82) is 0 Å². The molecule has 0 N–H and O–H groups in total. The molecule has 1 aliphatic rings. The summed E-state index contributed by atoms with van der Waals surface area (Å²) in [6.45, 7) is 7.83. The molecule has 1 unspecified atom stereocenters. The molecule has 0 aliphatic carbocycles. The van der Waals surface area contributed by atoms with Crippen molar-refractivity contribution in [1.82, 2.24) is 9.55 Å². The maximum absolute atomic E-state index is 12.6. The average Bonchev–Trinajstić information content (AvgIpc) is 2.93. The van der Waals surface area contributed by atoms with Gasteiger partial charge in [0.2, 0.25) is 0 Å². The van der Waals surface area contributed by atoms with Crippen molar-refractivity contribution in [3.05, 3.63) is 52.1 Å². The number of fused-ring (bicyclic) bond motifs is 2. The second kappa shape index (κ2) is 7.12. The Kier molecular flexibility index (Phi) is 4.93. The Hall–Kier alpha value is -2.23. The second-order valence-electron chi connectivity index (χ2n) is 6.57. The Bertz CT molecular complexity index is 861. The summed E-state index contributed by atoms with van der Waals surface area (Å²) >= 11 is 0. The fraction of sp³-hybridized carbons (Fsp3) is 0.450. The summed E-state index contributed by atoms with van der Waals surface area (Å²) in [5.41, 5.74) is 3.26. The summed E-state index contributed by atoms with van der Waals surface area (Å²) in [5, 5.41) is 0.729. The second-order valence-corrected chi connectivity index (χ2v) is 6.57. The van der Waals surface area contributed by atoms with Crippen LogP contribution in [-0.2, 0) is 19.4 Å². The zero-order chi connectivity index (χ0) is 17.1. The third-order valence-electron chi connectivity index (χ3n) is 4.51. The summed E-state index contributed by atoms with van der Waals surface area (Å²) in [4.78, 5) is 21.9. The smallest absolute Gasteiger partial charge is 0.261 e. The molecule has 0 bridgehead atoms. The molecule has 0 spiro atoms. The van der Waals surface area contributed by atoms with Crippen LogP contribution in [0.3, 0.4) is 0 Å². The van der Waals surface area contributed by atoms with E-state index in [1.165, 1.54) is 5.56 Å². The van der Waals surface area contributed by atoms with Crippen LogP contribution in [0.15, 0.2) is 40.1 Å². The minimum absolute atomic E-state index is 0.105. The van der Waals surface area contributed by atoms with Crippen LogP contribution in [0.1, 0.15) is 38.6 Å². The van der Waals surface area contributed by atoms with Crippen LogP contribution in [-0.4, -0.2) is 21.8 Å². The van der Waals surface area contributed by atoms with Crippen molar-refractivity contribution in [2.75, 3.05) is 6.54 Å². The van der Waals surface area contributed by atoms with Gasteiger partial charge in [-0.05, 0) is 56.4 Å². The van der Waals surface area contributed by atoms with Crippen LogP contribution in [0.25, 0.3) is 10.9 Å². The first kappa shape index (κ1) is 16.6. The summed E-state index contributed by atoms with van der Waals surface area (Å²) < 4.78 is 1.84. The predicted octanol–water partition coefficient (Wildman–Crippen LogP) is 3.56. The molecule has 1 atom stereocenters. The average molecular weight is 323 g/mol. The summed E-state index contributed by atoms with van der Waals surface area (Å²) in [5.74, 6) is 1.43. The van der Waals surface area contributed by atoms with E-state index in [1.54, 1.807) is 0 Å². The summed E-state index contributed by atoms with van der Waals surface area (Å²) in [6.07, 6.45) is 6.82. The lowest BCUT2D eigenvalue weighted by molar-refractivity contribution is 0.558. The van der Waals surface area contributed by atoms with E-state index in [2.05, 4.69) is 37.0 Å². The third-order valence-corrected chi connectivity index (χ3v) is 4.51. The molecule has 0 amide bonds. The number of hydrogen-bond donors (Lipinski definition) is 0. The highest BCUT2D eigenvalue weighted by molar-refractivity contribution is 5.95. The topological polar surface area (TPSA) is 47.2 Å². The van der Waals surface area contributed by atoms with Gasteiger partial charge in [-0.25, -0.2) is 4.98 Å². The molecule has 1 aliphatic heterocycles. The van der Waals surface area contributed by atoms with Crippen LogP contribution in [0, 0.1) is 5.92 Å². The quantitative estimate of drug-likeness (QED) is 0.790. The highest BCUT2D eigenvalue weighted by atomic mass is 16.1. The molecule has 1 aromatic heterocycles. The lowest BCUT2D eigenvalue weighted by Gasteiger charge is -2.07. The molecule has 2 aromatic rings. The van der Waals surface area contributed by atoms with E-state index >= 15 is 0 Å². The number of aliphatic imine (C=N–C) groups is 1. The van der Waals surface area contributed by atoms with Gasteiger partial charge >= 0.3 is 0 Å². The Morgan fingerprint density at radius 2 is 2.29 bits per heavy atom. The number of benzene rings is 1. The lowest BCUT2D eigenvalue weighted by Crippen LogP contribution is -2.21. The van der Waals surface area contributed by atoms with Gasteiger partial charge in [-0.2, -0.15) is 0 Å². The first-order chi connectivity index (χ1) is 11.6. The van der Waals surface area contributed by atoms with E-state index in [1.807, 2.05) is 23.6 Å². The third kappa shape index (κ3) is 3.32. The monoisotopic (exact) mass is 323 g/mol. The number of allylic oxidation sites excluding steroid dienone is 2. The van der Waals surface area contributed by atoms with Gasteiger partial charge < -0.3 is 0 Å².